The van der Waals surface area contributed by atoms with Crippen LogP contribution in [0.4, 0.5) is 0 Å². The third kappa shape index (κ3) is 4.44. The van der Waals surface area contributed by atoms with E-state index in [1.807, 2.05) is 52.8 Å². The Labute approximate surface area is 149 Å². The molecule has 0 saturated heterocycles. The number of allylic oxidation sites excluding steroid dienone is 1. The van der Waals surface area contributed by atoms with E-state index in [-0.39, 0.29) is 30.3 Å². The summed E-state index contributed by atoms with van der Waals surface area (Å²) in [7, 11) is 0. The molecule has 2 rings (SSSR count). The van der Waals surface area contributed by atoms with Gasteiger partial charge in [-0.05, 0) is 51.3 Å². The molecule has 0 bridgehead atoms. The number of carbonyl (C=O) groups is 3. The first-order valence-electron chi connectivity index (χ1n) is 8.75. The molecule has 0 aromatic heterocycles. The zero-order valence-corrected chi connectivity index (χ0v) is 15.7. The molecule has 4 heteroatoms. The first-order valence-corrected chi connectivity index (χ1v) is 8.75. The average molecular weight is 341 g/mol. The number of carbonyl (C=O) groups excluding carboxylic acids is 3. The monoisotopic (exact) mass is 341 g/mol. The lowest BCUT2D eigenvalue weighted by atomic mass is 9.86. The molecule has 0 radical (unpaired) electrons. The molecule has 4 nitrogen and oxygen atoms in total. The minimum atomic E-state index is -0.712. The molecule has 1 aliphatic rings. The Bertz CT molecular complexity index is 719. The Balaban J connectivity index is 2.13. The molecule has 25 heavy (non-hydrogen) atoms. The molecule has 2 atom stereocenters. The van der Waals surface area contributed by atoms with Crippen molar-refractivity contribution >= 4 is 17.5 Å². The van der Waals surface area contributed by atoms with Crippen LogP contribution < -0.4 is 5.32 Å². The summed E-state index contributed by atoms with van der Waals surface area (Å²) >= 11 is 0. The van der Waals surface area contributed by atoms with Crippen molar-refractivity contribution < 1.29 is 14.4 Å². The second kappa shape index (κ2) is 7.77. The van der Waals surface area contributed by atoms with Crippen LogP contribution in [0.2, 0.25) is 0 Å². The normalized spacial score (nSPS) is 19.9. The lowest BCUT2D eigenvalue weighted by Gasteiger charge is -2.16. The number of nitrogens with one attached hydrogen (secondary N) is 1. The maximum Gasteiger partial charge on any atom is 0.220 e. The van der Waals surface area contributed by atoms with E-state index in [0.717, 1.165) is 27.8 Å². The van der Waals surface area contributed by atoms with Crippen LogP contribution in [0.15, 0.2) is 23.8 Å². The highest BCUT2D eigenvalue weighted by Gasteiger charge is 2.43. The molecular formula is C21H27NO3. The Morgan fingerprint density at radius 2 is 1.76 bits per heavy atom. The summed E-state index contributed by atoms with van der Waals surface area (Å²) in [6, 6.07) is 4.00. The van der Waals surface area contributed by atoms with Gasteiger partial charge >= 0.3 is 0 Å². The van der Waals surface area contributed by atoms with Gasteiger partial charge in [0, 0.05) is 25.3 Å². The molecule has 134 valence electrons. The maximum atomic E-state index is 12.8. The van der Waals surface area contributed by atoms with Gasteiger partial charge in [-0.1, -0.05) is 29.3 Å². The zero-order valence-electron chi connectivity index (χ0n) is 15.7. The lowest BCUT2D eigenvalue weighted by Crippen LogP contribution is -2.27. The summed E-state index contributed by atoms with van der Waals surface area (Å²) < 4.78 is 0. The Morgan fingerprint density at radius 3 is 2.32 bits per heavy atom. The van der Waals surface area contributed by atoms with Gasteiger partial charge in [-0.15, -0.1) is 0 Å². The molecule has 1 amide bonds. The van der Waals surface area contributed by atoms with E-state index in [9.17, 15) is 14.4 Å². The number of hydrogen-bond acceptors (Lipinski definition) is 3. The van der Waals surface area contributed by atoms with Crippen LogP contribution in [0.3, 0.4) is 0 Å². The van der Waals surface area contributed by atoms with E-state index in [1.165, 1.54) is 0 Å². The number of rotatable bonds is 5. The predicted molar refractivity (Wildman–Crippen MR) is 98.6 cm³/mol. The van der Waals surface area contributed by atoms with Gasteiger partial charge in [-0.25, -0.2) is 0 Å². The van der Waals surface area contributed by atoms with Crippen LogP contribution in [-0.2, 0) is 14.4 Å². The van der Waals surface area contributed by atoms with Gasteiger partial charge in [0.15, 0.2) is 5.78 Å². The van der Waals surface area contributed by atoms with Crippen molar-refractivity contribution in [2.24, 2.45) is 5.92 Å². The summed E-state index contributed by atoms with van der Waals surface area (Å²) in [6.45, 7) is 10.3. The topological polar surface area (TPSA) is 63.2 Å². The molecule has 1 N–H and O–H groups in total. The number of amides is 1. The fourth-order valence-corrected chi connectivity index (χ4v) is 3.64. The van der Waals surface area contributed by atoms with Crippen LogP contribution in [0, 0.1) is 26.7 Å². The van der Waals surface area contributed by atoms with Gasteiger partial charge in [0.25, 0.3) is 0 Å². The maximum absolute atomic E-state index is 12.8. The summed E-state index contributed by atoms with van der Waals surface area (Å²) in [4.78, 5) is 37.4. The Morgan fingerprint density at radius 1 is 1.16 bits per heavy atom. The molecule has 1 fully saturated rings. The van der Waals surface area contributed by atoms with Gasteiger partial charge in [0.05, 0.1) is 0 Å². The predicted octanol–water partition coefficient (Wildman–Crippen LogP) is 3.33. The summed E-state index contributed by atoms with van der Waals surface area (Å²) in [5, 5.41) is 2.78. The van der Waals surface area contributed by atoms with Gasteiger partial charge < -0.3 is 5.32 Å². The summed E-state index contributed by atoms with van der Waals surface area (Å²) in [6.07, 6.45) is 2.16. The molecule has 1 saturated carbocycles. The van der Waals surface area contributed by atoms with Gasteiger partial charge in [-0.3, -0.25) is 14.4 Å². The number of aryl methyl sites for hydroxylation is 3. The van der Waals surface area contributed by atoms with E-state index in [1.54, 1.807) is 0 Å². The van der Waals surface area contributed by atoms with E-state index in [4.69, 9.17) is 0 Å². The van der Waals surface area contributed by atoms with Crippen LogP contribution in [0.5, 0.6) is 0 Å². The molecular weight excluding hydrogens is 314 g/mol. The van der Waals surface area contributed by atoms with Crippen molar-refractivity contribution in [3.63, 3.8) is 0 Å². The smallest absolute Gasteiger partial charge is 0.220 e. The van der Waals surface area contributed by atoms with Crippen molar-refractivity contribution in [1.29, 1.82) is 0 Å². The summed E-state index contributed by atoms with van der Waals surface area (Å²) in [5.41, 5.74) is 5.01. The van der Waals surface area contributed by atoms with Crippen molar-refractivity contribution in [3.05, 3.63) is 46.0 Å². The van der Waals surface area contributed by atoms with Gasteiger partial charge in [-0.2, -0.15) is 0 Å². The lowest BCUT2D eigenvalue weighted by molar-refractivity contribution is -0.128. The second-order valence-electron chi connectivity index (χ2n) is 7.30. The third-order valence-corrected chi connectivity index (χ3v) is 4.72. The minimum absolute atomic E-state index is 0.0675. The largest absolute Gasteiger partial charge is 0.353 e. The Kier molecular flexibility index (Phi) is 5.93. The molecule has 1 aliphatic carbocycles. The van der Waals surface area contributed by atoms with E-state index < -0.39 is 11.8 Å². The standard InChI is InChI=1S/C21H27NO3/c1-12(2)6-7-22-18(24)11-16-10-17(23)20(21(16)25)19-14(4)8-13(3)9-15(19)5/h6,8-9,16,20H,7,10-11H2,1-5H3,(H,22,24). The van der Waals surface area contributed by atoms with Crippen molar-refractivity contribution in [1.82, 2.24) is 5.32 Å². The molecule has 0 aliphatic heterocycles. The molecule has 2 unspecified atom stereocenters. The van der Waals surface area contributed by atoms with Crippen LogP contribution in [-0.4, -0.2) is 24.0 Å². The number of benzene rings is 1. The minimum Gasteiger partial charge on any atom is -0.353 e. The third-order valence-electron chi connectivity index (χ3n) is 4.72. The van der Waals surface area contributed by atoms with Crippen molar-refractivity contribution in [2.45, 2.75) is 53.4 Å². The van der Waals surface area contributed by atoms with Crippen LogP contribution in [0.25, 0.3) is 0 Å². The first kappa shape index (κ1) is 19.1. The molecule has 0 heterocycles. The van der Waals surface area contributed by atoms with E-state index in [2.05, 4.69) is 5.32 Å². The molecule has 1 aromatic carbocycles. The first-order chi connectivity index (χ1) is 11.7. The highest BCUT2D eigenvalue weighted by molar-refractivity contribution is 6.15. The summed E-state index contributed by atoms with van der Waals surface area (Å²) in [5.74, 6) is -1.58. The average Bonchev–Trinajstić information content (AvgIpc) is 2.73. The van der Waals surface area contributed by atoms with Crippen molar-refractivity contribution in [3.8, 4) is 0 Å². The van der Waals surface area contributed by atoms with Crippen LogP contribution in [0.1, 0.15) is 54.9 Å². The quantitative estimate of drug-likeness (QED) is 0.660. The molecule has 1 aromatic rings. The number of Topliss-reactive ketones (excluding diaryl/α,β-unsaturated/α-hetero) is 2. The van der Waals surface area contributed by atoms with E-state index >= 15 is 0 Å². The van der Waals surface area contributed by atoms with Gasteiger partial charge in [0.1, 0.15) is 11.7 Å². The van der Waals surface area contributed by atoms with Crippen LogP contribution >= 0.6 is 0 Å². The highest BCUT2D eigenvalue weighted by Crippen LogP contribution is 2.37. The fraction of sp³-hybridized carbons (Fsp3) is 0.476. The SMILES string of the molecule is CC(C)=CCNC(=O)CC1CC(=O)C(c2c(C)cc(C)cc2C)C1=O. The van der Waals surface area contributed by atoms with E-state index in [0.29, 0.717) is 6.54 Å². The highest BCUT2D eigenvalue weighted by atomic mass is 16.2. The number of ketones is 2. The van der Waals surface area contributed by atoms with Crippen molar-refractivity contribution in [2.75, 3.05) is 6.54 Å². The Hall–Kier alpha value is -2.23. The number of hydrogen-bond donors (Lipinski definition) is 1. The second-order valence-corrected chi connectivity index (χ2v) is 7.30. The zero-order chi connectivity index (χ0) is 18.7. The fourth-order valence-electron chi connectivity index (χ4n) is 3.64. The molecule has 0 spiro atoms. The van der Waals surface area contributed by atoms with Gasteiger partial charge in [0.2, 0.25) is 5.91 Å².